The van der Waals surface area contributed by atoms with E-state index in [0.29, 0.717) is 11.3 Å². The highest BCUT2D eigenvalue weighted by Gasteiger charge is 2.39. The molecule has 2 rings (SSSR count). The third kappa shape index (κ3) is 3.58. The van der Waals surface area contributed by atoms with Crippen molar-refractivity contribution in [3.05, 3.63) is 23.8 Å². The average Bonchev–Trinajstić information content (AvgIpc) is 2.67. The molecule has 1 aromatic carbocycles. The fourth-order valence-electron chi connectivity index (χ4n) is 3.04. The Hall–Kier alpha value is -1.07. The number of hydrogen-bond acceptors (Lipinski definition) is 3. The molecule has 0 saturated heterocycles. The van der Waals surface area contributed by atoms with E-state index in [2.05, 4.69) is 19.2 Å². The van der Waals surface area contributed by atoms with Crippen LogP contribution in [0.5, 0.6) is 0 Å². The van der Waals surface area contributed by atoms with Gasteiger partial charge in [-0.05, 0) is 48.9 Å². The van der Waals surface area contributed by atoms with E-state index in [4.69, 9.17) is 10.7 Å². The second-order valence-corrected chi connectivity index (χ2v) is 8.88. The van der Waals surface area contributed by atoms with Gasteiger partial charge in [-0.15, -0.1) is 0 Å². The van der Waals surface area contributed by atoms with Gasteiger partial charge < -0.3 is 5.32 Å². The number of aryl methyl sites for hydroxylation is 1. The summed E-state index contributed by atoms with van der Waals surface area (Å²) in [5.41, 5.74) is 1.14. The van der Waals surface area contributed by atoms with Gasteiger partial charge in [0.1, 0.15) is 0 Å². The number of nitrogens with one attached hydrogen (secondary N) is 1. The van der Waals surface area contributed by atoms with Crippen LogP contribution in [0.3, 0.4) is 0 Å². The Balaban J connectivity index is 2.18. The topological polar surface area (TPSA) is 63.2 Å². The molecular formula is C15H20ClNO3S. The van der Waals surface area contributed by atoms with Crippen LogP contribution in [-0.4, -0.2) is 14.3 Å². The van der Waals surface area contributed by atoms with Crippen molar-refractivity contribution in [3.63, 3.8) is 0 Å². The Morgan fingerprint density at radius 2 is 2.05 bits per heavy atom. The molecular weight excluding hydrogens is 310 g/mol. The maximum atomic E-state index is 12.4. The second kappa shape index (κ2) is 5.61. The quantitative estimate of drug-likeness (QED) is 0.860. The van der Waals surface area contributed by atoms with Gasteiger partial charge in [0.15, 0.2) is 0 Å². The smallest absolute Gasteiger partial charge is 0.261 e. The molecule has 1 amide bonds. The molecule has 0 aliphatic heterocycles. The predicted molar refractivity (Wildman–Crippen MR) is 84.0 cm³/mol. The maximum absolute atomic E-state index is 12.4. The lowest BCUT2D eigenvalue weighted by atomic mass is 9.81. The largest absolute Gasteiger partial charge is 0.326 e. The highest BCUT2D eigenvalue weighted by molar-refractivity contribution is 8.13. The molecule has 1 atom stereocenters. The normalized spacial score (nSPS) is 21.2. The molecule has 1 saturated carbocycles. The first-order chi connectivity index (χ1) is 9.61. The fourth-order valence-corrected chi connectivity index (χ4v) is 4.24. The summed E-state index contributed by atoms with van der Waals surface area (Å²) >= 11 is 0. The van der Waals surface area contributed by atoms with Gasteiger partial charge in [0, 0.05) is 22.3 Å². The number of rotatable bonds is 3. The van der Waals surface area contributed by atoms with E-state index in [0.717, 1.165) is 19.3 Å². The van der Waals surface area contributed by atoms with E-state index in [1.54, 1.807) is 19.1 Å². The van der Waals surface area contributed by atoms with Crippen molar-refractivity contribution in [2.45, 2.75) is 44.9 Å². The lowest BCUT2D eigenvalue weighted by molar-refractivity contribution is -0.122. The van der Waals surface area contributed by atoms with Crippen molar-refractivity contribution in [2.24, 2.45) is 11.3 Å². The number of carbonyl (C=O) groups is 1. The lowest BCUT2D eigenvalue weighted by Gasteiger charge is -2.26. The van der Waals surface area contributed by atoms with Crippen molar-refractivity contribution in [1.82, 2.24) is 0 Å². The van der Waals surface area contributed by atoms with Gasteiger partial charge in [0.05, 0.1) is 4.90 Å². The highest BCUT2D eigenvalue weighted by Crippen LogP contribution is 2.43. The van der Waals surface area contributed by atoms with Gasteiger partial charge in [0.25, 0.3) is 9.05 Å². The van der Waals surface area contributed by atoms with E-state index in [1.165, 1.54) is 6.07 Å². The summed E-state index contributed by atoms with van der Waals surface area (Å²) in [6.45, 7) is 5.88. The molecule has 4 nitrogen and oxygen atoms in total. The number of hydrogen-bond donors (Lipinski definition) is 1. The standard InChI is InChI=1S/C15H20ClNO3S/c1-10-9-11(6-7-13(10)21(16,19)20)17-14(18)12-5-4-8-15(12,2)3/h6-7,9,12H,4-5,8H2,1-3H3,(H,17,18). The van der Waals surface area contributed by atoms with Gasteiger partial charge in [-0.1, -0.05) is 20.3 Å². The maximum Gasteiger partial charge on any atom is 0.261 e. The Morgan fingerprint density at radius 1 is 1.38 bits per heavy atom. The Labute approximate surface area is 130 Å². The molecule has 0 heterocycles. The summed E-state index contributed by atoms with van der Waals surface area (Å²) < 4.78 is 22.7. The zero-order valence-corrected chi connectivity index (χ0v) is 14.0. The molecule has 0 radical (unpaired) electrons. The van der Waals surface area contributed by atoms with Crippen LogP contribution in [0.2, 0.25) is 0 Å². The van der Waals surface area contributed by atoms with Crippen molar-refractivity contribution in [2.75, 3.05) is 5.32 Å². The van der Waals surface area contributed by atoms with Crippen LogP contribution in [0.15, 0.2) is 23.1 Å². The Kier molecular flexibility index (Phi) is 4.36. The van der Waals surface area contributed by atoms with Crippen LogP contribution in [0.25, 0.3) is 0 Å². The van der Waals surface area contributed by atoms with Crippen LogP contribution >= 0.6 is 10.7 Å². The predicted octanol–water partition coefficient (Wildman–Crippen LogP) is 3.69. The van der Waals surface area contributed by atoms with E-state index < -0.39 is 9.05 Å². The van der Waals surface area contributed by atoms with E-state index in [9.17, 15) is 13.2 Å². The van der Waals surface area contributed by atoms with Gasteiger partial charge in [-0.25, -0.2) is 8.42 Å². The second-order valence-electron chi connectivity index (χ2n) is 6.34. The van der Waals surface area contributed by atoms with Crippen molar-refractivity contribution >= 4 is 31.3 Å². The molecule has 0 spiro atoms. The zero-order chi connectivity index (χ0) is 15.8. The van der Waals surface area contributed by atoms with Crippen LogP contribution in [-0.2, 0) is 13.8 Å². The summed E-state index contributed by atoms with van der Waals surface area (Å²) in [6, 6.07) is 4.63. The summed E-state index contributed by atoms with van der Waals surface area (Å²) in [6.07, 6.45) is 3.01. The highest BCUT2D eigenvalue weighted by atomic mass is 35.7. The minimum Gasteiger partial charge on any atom is -0.326 e. The van der Waals surface area contributed by atoms with Gasteiger partial charge >= 0.3 is 0 Å². The first-order valence-electron chi connectivity index (χ1n) is 6.97. The number of amides is 1. The molecule has 21 heavy (non-hydrogen) atoms. The zero-order valence-electron chi connectivity index (χ0n) is 12.4. The Bertz CT molecular complexity index is 667. The van der Waals surface area contributed by atoms with Crippen molar-refractivity contribution < 1.29 is 13.2 Å². The SMILES string of the molecule is Cc1cc(NC(=O)C2CCCC2(C)C)ccc1S(=O)(=O)Cl. The molecule has 0 aromatic heterocycles. The Morgan fingerprint density at radius 3 is 2.52 bits per heavy atom. The minimum absolute atomic E-state index is 0.00150. The minimum atomic E-state index is -3.75. The van der Waals surface area contributed by atoms with Crippen LogP contribution in [0.4, 0.5) is 5.69 Å². The van der Waals surface area contributed by atoms with Gasteiger partial charge in [-0.2, -0.15) is 0 Å². The van der Waals surface area contributed by atoms with Crippen LogP contribution in [0.1, 0.15) is 38.7 Å². The molecule has 1 aromatic rings. The van der Waals surface area contributed by atoms with Crippen LogP contribution in [0, 0.1) is 18.3 Å². The fraction of sp³-hybridized carbons (Fsp3) is 0.533. The summed E-state index contributed by atoms with van der Waals surface area (Å²) in [5, 5.41) is 2.88. The summed E-state index contributed by atoms with van der Waals surface area (Å²) in [7, 11) is 1.59. The molecule has 0 bridgehead atoms. The van der Waals surface area contributed by atoms with E-state index in [-0.39, 0.29) is 22.1 Å². The number of halogens is 1. The number of benzene rings is 1. The molecule has 1 unspecified atom stereocenters. The average molecular weight is 330 g/mol. The third-order valence-electron chi connectivity index (χ3n) is 4.28. The number of carbonyl (C=O) groups excluding carboxylic acids is 1. The van der Waals surface area contributed by atoms with Crippen LogP contribution < -0.4 is 5.32 Å². The molecule has 1 N–H and O–H groups in total. The molecule has 1 fully saturated rings. The van der Waals surface area contributed by atoms with Crippen molar-refractivity contribution in [1.29, 1.82) is 0 Å². The lowest BCUT2D eigenvalue weighted by Crippen LogP contribution is -2.30. The molecule has 1 aliphatic rings. The van der Waals surface area contributed by atoms with Gasteiger partial charge in [0.2, 0.25) is 5.91 Å². The first kappa shape index (κ1) is 16.3. The molecule has 6 heteroatoms. The molecule has 1 aliphatic carbocycles. The first-order valence-corrected chi connectivity index (χ1v) is 9.28. The van der Waals surface area contributed by atoms with E-state index in [1.807, 2.05) is 0 Å². The summed E-state index contributed by atoms with van der Waals surface area (Å²) in [4.78, 5) is 12.4. The molecule has 116 valence electrons. The summed E-state index contributed by atoms with van der Waals surface area (Å²) in [5.74, 6) is -0.00683. The monoisotopic (exact) mass is 329 g/mol. The number of anilines is 1. The van der Waals surface area contributed by atoms with E-state index >= 15 is 0 Å². The third-order valence-corrected chi connectivity index (χ3v) is 5.76. The van der Waals surface area contributed by atoms with Crippen molar-refractivity contribution in [3.8, 4) is 0 Å². The van der Waals surface area contributed by atoms with Gasteiger partial charge in [-0.3, -0.25) is 4.79 Å².